The molecule has 1 N–H and O–H groups in total. The molecule has 1 aromatic carbocycles. The van der Waals surface area contributed by atoms with Crippen LogP contribution in [0.25, 0.3) is 0 Å². The van der Waals surface area contributed by atoms with Crippen LogP contribution in [0.1, 0.15) is 13.8 Å². The number of amides is 4. The summed E-state index contributed by atoms with van der Waals surface area (Å²) in [4.78, 5) is 37.8. The molecule has 1 aromatic rings. The third-order valence-electron chi connectivity index (χ3n) is 3.06. The van der Waals surface area contributed by atoms with Crippen molar-refractivity contribution in [3.8, 4) is 0 Å². The van der Waals surface area contributed by atoms with Crippen LogP contribution in [-0.2, 0) is 9.59 Å². The number of barbiturate groups is 1. The number of para-hydroxylation sites is 1. The number of nitrogens with one attached hydrogen (secondary N) is 1. The average molecular weight is 278 g/mol. The molecule has 100 valence electrons. The molecule has 0 aliphatic carbocycles. The highest BCUT2D eigenvalue weighted by atomic mass is 32.2. The fourth-order valence-electron chi connectivity index (χ4n) is 1.81. The van der Waals surface area contributed by atoms with Crippen molar-refractivity contribution < 1.29 is 14.4 Å². The van der Waals surface area contributed by atoms with Crippen molar-refractivity contribution in [2.75, 3.05) is 11.2 Å². The molecule has 0 atom stereocenters. The van der Waals surface area contributed by atoms with Crippen molar-refractivity contribution in [3.63, 3.8) is 0 Å². The van der Waals surface area contributed by atoms with Crippen LogP contribution in [0.4, 0.5) is 10.5 Å². The van der Waals surface area contributed by atoms with Crippen molar-refractivity contribution in [3.05, 3.63) is 24.3 Å². The fourth-order valence-corrected chi connectivity index (χ4v) is 2.39. The van der Waals surface area contributed by atoms with Crippen LogP contribution in [0.3, 0.4) is 0 Å². The van der Waals surface area contributed by atoms with E-state index in [0.717, 1.165) is 9.80 Å². The maximum atomic E-state index is 12.4. The Labute approximate surface area is 115 Å². The van der Waals surface area contributed by atoms with Crippen molar-refractivity contribution in [2.45, 2.75) is 18.7 Å². The smallest absolute Gasteiger partial charge is 0.276 e. The Bertz CT molecular complexity index is 569. The van der Waals surface area contributed by atoms with E-state index in [1.807, 2.05) is 18.4 Å². The summed E-state index contributed by atoms with van der Waals surface area (Å²) in [5.74, 6) is -1.08. The topological polar surface area (TPSA) is 66.5 Å². The zero-order valence-corrected chi connectivity index (χ0v) is 11.7. The van der Waals surface area contributed by atoms with Crippen molar-refractivity contribution >= 4 is 35.3 Å². The van der Waals surface area contributed by atoms with Gasteiger partial charge in [-0.3, -0.25) is 14.9 Å². The predicted molar refractivity (Wildman–Crippen MR) is 73.0 cm³/mol. The van der Waals surface area contributed by atoms with Gasteiger partial charge in [-0.15, -0.1) is 11.8 Å². The van der Waals surface area contributed by atoms with E-state index in [4.69, 9.17) is 0 Å². The van der Waals surface area contributed by atoms with Gasteiger partial charge in [0, 0.05) is 4.90 Å². The summed E-state index contributed by atoms with van der Waals surface area (Å²) in [7, 11) is 0. The van der Waals surface area contributed by atoms with E-state index in [2.05, 4.69) is 5.32 Å². The summed E-state index contributed by atoms with van der Waals surface area (Å²) < 4.78 is 0. The lowest BCUT2D eigenvalue weighted by Gasteiger charge is -2.35. The summed E-state index contributed by atoms with van der Waals surface area (Å²) in [6, 6.07) is 6.40. The first-order valence-corrected chi connectivity index (χ1v) is 6.95. The summed E-state index contributed by atoms with van der Waals surface area (Å²) in [6.45, 7) is 3.01. The molecular weight excluding hydrogens is 264 g/mol. The lowest BCUT2D eigenvalue weighted by atomic mass is 9.88. The number of anilines is 1. The number of rotatable bonds is 2. The molecule has 2 rings (SSSR count). The second-order valence-corrected chi connectivity index (χ2v) is 5.54. The molecule has 5 nitrogen and oxygen atoms in total. The van der Waals surface area contributed by atoms with Crippen LogP contribution < -0.4 is 10.2 Å². The van der Waals surface area contributed by atoms with E-state index >= 15 is 0 Å². The van der Waals surface area contributed by atoms with Crippen LogP contribution in [0.15, 0.2) is 29.2 Å². The van der Waals surface area contributed by atoms with E-state index in [9.17, 15) is 14.4 Å². The van der Waals surface area contributed by atoms with Crippen LogP contribution in [0, 0.1) is 5.41 Å². The molecule has 19 heavy (non-hydrogen) atoms. The Morgan fingerprint density at radius 3 is 2.42 bits per heavy atom. The molecule has 1 aliphatic heterocycles. The molecule has 0 saturated carbocycles. The number of nitrogens with zero attached hydrogens (tertiary/aromatic N) is 1. The summed E-state index contributed by atoms with van der Waals surface area (Å²) in [6.07, 6.45) is 1.86. The lowest BCUT2D eigenvalue weighted by Crippen LogP contribution is -2.62. The first-order valence-electron chi connectivity index (χ1n) is 5.72. The van der Waals surface area contributed by atoms with Gasteiger partial charge in [0.2, 0.25) is 11.8 Å². The highest BCUT2D eigenvalue weighted by Crippen LogP contribution is 2.33. The second kappa shape index (κ2) is 4.70. The maximum Gasteiger partial charge on any atom is 0.335 e. The lowest BCUT2D eigenvalue weighted by molar-refractivity contribution is -0.140. The number of urea groups is 1. The van der Waals surface area contributed by atoms with Crippen LogP contribution >= 0.6 is 11.8 Å². The Balaban J connectivity index is 2.52. The molecule has 0 aromatic heterocycles. The largest absolute Gasteiger partial charge is 0.335 e. The van der Waals surface area contributed by atoms with Gasteiger partial charge in [-0.2, -0.15) is 0 Å². The predicted octanol–water partition coefficient (Wildman–Crippen LogP) is 2.02. The minimum atomic E-state index is -1.25. The molecule has 0 spiro atoms. The SMILES string of the molecule is CSc1ccccc1N1C(=O)NC(=O)C(C)(C)C1=O. The summed E-state index contributed by atoms with van der Waals surface area (Å²) in [5, 5.41) is 2.22. The van der Waals surface area contributed by atoms with E-state index in [-0.39, 0.29) is 0 Å². The fraction of sp³-hybridized carbons (Fsp3) is 0.308. The molecule has 0 bridgehead atoms. The van der Waals surface area contributed by atoms with E-state index in [1.165, 1.54) is 25.6 Å². The Hall–Kier alpha value is -1.82. The van der Waals surface area contributed by atoms with Gasteiger partial charge in [0.15, 0.2) is 0 Å². The van der Waals surface area contributed by atoms with E-state index in [1.54, 1.807) is 12.1 Å². The Morgan fingerprint density at radius 2 is 1.79 bits per heavy atom. The third-order valence-corrected chi connectivity index (χ3v) is 3.84. The van der Waals surface area contributed by atoms with Gasteiger partial charge in [-0.05, 0) is 32.2 Å². The zero-order chi connectivity index (χ0) is 14.2. The molecule has 4 amide bonds. The number of carbonyl (C=O) groups excluding carboxylic acids is 3. The maximum absolute atomic E-state index is 12.4. The monoisotopic (exact) mass is 278 g/mol. The molecule has 6 heteroatoms. The van der Waals surface area contributed by atoms with E-state index in [0.29, 0.717) is 5.69 Å². The highest BCUT2D eigenvalue weighted by molar-refractivity contribution is 7.98. The molecule has 1 heterocycles. The van der Waals surface area contributed by atoms with Crippen LogP contribution in [-0.4, -0.2) is 24.1 Å². The highest BCUT2D eigenvalue weighted by Gasteiger charge is 2.47. The average Bonchev–Trinajstić information content (AvgIpc) is 2.37. The number of carbonyl (C=O) groups is 3. The zero-order valence-electron chi connectivity index (χ0n) is 10.9. The molecule has 0 unspecified atom stereocenters. The van der Waals surface area contributed by atoms with Gasteiger partial charge in [0.1, 0.15) is 5.41 Å². The first kappa shape index (κ1) is 13.6. The number of benzene rings is 1. The first-order chi connectivity index (χ1) is 8.89. The van der Waals surface area contributed by atoms with Gasteiger partial charge < -0.3 is 0 Å². The normalized spacial score (nSPS) is 18.5. The van der Waals surface area contributed by atoms with Crippen LogP contribution in [0.2, 0.25) is 0 Å². The van der Waals surface area contributed by atoms with E-state index < -0.39 is 23.3 Å². The van der Waals surface area contributed by atoms with Crippen molar-refractivity contribution in [2.24, 2.45) is 5.41 Å². The molecule has 1 saturated heterocycles. The Kier molecular flexibility index (Phi) is 3.36. The van der Waals surface area contributed by atoms with Gasteiger partial charge in [0.05, 0.1) is 5.69 Å². The minimum Gasteiger partial charge on any atom is -0.276 e. The Morgan fingerprint density at radius 1 is 1.16 bits per heavy atom. The van der Waals surface area contributed by atoms with Gasteiger partial charge >= 0.3 is 6.03 Å². The van der Waals surface area contributed by atoms with Gasteiger partial charge in [-0.1, -0.05) is 12.1 Å². The summed E-state index contributed by atoms with van der Waals surface area (Å²) >= 11 is 1.44. The molecule has 1 fully saturated rings. The summed E-state index contributed by atoms with van der Waals surface area (Å²) in [5.41, 5.74) is -0.752. The van der Waals surface area contributed by atoms with Crippen LogP contribution in [0.5, 0.6) is 0 Å². The number of hydrogen-bond acceptors (Lipinski definition) is 4. The minimum absolute atomic E-state index is 0.498. The van der Waals surface area contributed by atoms with Crippen molar-refractivity contribution in [1.82, 2.24) is 5.32 Å². The molecule has 1 aliphatic rings. The number of imide groups is 2. The molecular formula is C13H14N2O3S. The quantitative estimate of drug-likeness (QED) is 0.664. The molecule has 0 radical (unpaired) electrons. The third kappa shape index (κ3) is 2.12. The van der Waals surface area contributed by atoms with Gasteiger partial charge in [-0.25, -0.2) is 9.69 Å². The van der Waals surface area contributed by atoms with Crippen molar-refractivity contribution in [1.29, 1.82) is 0 Å². The number of hydrogen-bond donors (Lipinski definition) is 1. The van der Waals surface area contributed by atoms with Gasteiger partial charge in [0.25, 0.3) is 0 Å². The second-order valence-electron chi connectivity index (χ2n) is 4.70. The standard InChI is InChI=1S/C13H14N2O3S/c1-13(2)10(16)14-12(18)15(11(13)17)8-6-4-5-7-9(8)19-3/h4-7H,1-3H3,(H,14,16,18). The number of thioether (sulfide) groups is 1.